The van der Waals surface area contributed by atoms with Crippen LogP contribution in [0.4, 0.5) is 15.8 Å². The molecule has 3 rings (SSSR count). The Morgan fingerprint density at radius 3 is 2.65 bits per heavy atom. The van der Waals surface area contributed by atoms with Gasteiger partial charge in [-0.1, -0.05) is 23.9 Å². The summed E-state index contributed by atoms with van der Waals surface area (Å²) in [6.07, 6.45) is 0.133. The summed E-state index contributed by atoms with van der Waals surface area (Å²) in [5, 5.41) is 19.9. The van der Waals surface area contributed by atoms with Crippen LogP contribution in [0, 0.1) is 27.3 Å². The first-order valence-corrected chi connectivity index (χ1v) is 10.0. The van der Waals surface area contributed by atoms with Gasteiger partial charge in [0.15, 0.2) is 5.57 Å². The van der Waals surface area contributed by atoms with Crippen molar-refractivity contribution in [2.24, 2.45) is 0 Å². The molecule has 2 aromatic rings. The summed E-state index contributed by atoms with van der Waals surface area (Å²) < 4.78 is 18.3. The Balaban J connectivity index is 2.03. The molecular formula is C21H16FN3O5S. The molecule has 31 heavy (non-hydrogen) atoms. The number of thioether (sulfide) groups is 1. The van der Waals surface area contributed by atoms with Gasteiger partial charge in [-0.15, -0.1) is 0 Å². The zero-order valence-corrected chi connectivity index (χ0v) is 17.1. The second kappa shape index (κ2) is 9.40. The SMILES string of the molecule is CCOC(=O)C(C#N)=C1SC(Cc2cccc([N+](=O)[O-])c2)C(=O)N1c1ccc(F)cc1. The molecule has 0 radical (unpaired) electrons. The molecule has 8 nitrogen and oxygen atoms in total. The van der Waals surface area contributed by atoms with Crippen LogP contribution in [0.15, 0.2) is 59.1 Å². The topological polar surface area (TPSA) is 114 Å². The number of esters is 1. The van der Waals surface area contributed by atoms with Crippen molar-refractivity contribution >= 4 is 35.0 Å². The van der Waals surface area contributed by atoms with Gasteiger partial charge in [0.1, 0.15) is 16.9 Å². The molecule has 0 saturated carbocycles. The molecule has 1 aliphatic rings. The van der Waals surface area contributed by atoms with E-state index >= 15 is 0 Å². The number of hydrogen-bond acceptors (Lipinski definition) is 7. The number of nitriles is 1. The number of nitro benzene ring substituents is 1. The molecule has 0 aromatic heterocycles. The second-order valence-electron chi connectivity index (χ2n) is 6.40. The maximum atomic E-state index is 13.4. The Bertz CT molecular complexity index is 1110. The van der Waals surface area contributed by atoms with Crippen molar-refractivity contribution in [3.05, 3.63) is 80.6 Å². The van der Waals surface area contributed by atoms with Crippen molar-refractivity contribution in [1.29, 1.82) is 5.26 Å². The van der Waals surface area contributed by atoms with Crippen molar-refractivity contribution in [2.75, 3.05) is 11.5 Å². The molecule has 0 spiro atoms. The monoisotopic (exact) mass is 441 g/mol. The van der Waals surface area contributed by atoms with Gasteiger partial charge in [0.2, 0.25) is 5.91 Å². The van der Waals surface area contributed by atoms with E-state index in [0.717, 1.165) is 23.9 Å². The number of benzene rings is 2. The summed E-state index contributed by atoms with van der Waals surface area (Å²) >= 11 is 0.991. The van der Waals surface area contributed by atoms with Crippen LogP contribution in [-0.2, 0) is 20.7 Å². The normalized spacial score (nSPS) is 17.3. The smallest absolute Gasteiger partial charge is 0.351 e. The standard InChI is InChI=1S/C21H16FN3O5S/c1-2-30-21(27)17(12-23)20-24(15-8-6-14(22)7-9-15)19(26)18(31-20)11-13-4-3-5-16(10-13)25(28)29/h3-10,18H,2,11H2,1H3. The highest BCUT2D eigenvalue weighted by Crippen LogP contribution is 2.42. The number of nitro groups is 1. The molecule has 2 aromatic carbocycles. The summed E-state index contributed by atoms with van der Waals surface area (Å²) in [5.74, 6) is -1.81. The van der Waals surface area contributed by atoms with Crippen LogP contribution >= 0.6 is 11.8 Å². The minimum atomic E-state index is -0.872. The maximum Gasteiger partial charge on any atom is 0.351 e. The van der Waals surface area contributed by atoms with Gasteiger partial charge >= 0.3 is 5.97 Å². The Kier molecular flexibility index (Phi) is 6.67. The van der Waals surface area contributed by atoms with E-state index in [2.05, 4.69) is 0 Å². The first-order valence-electron chi connectivity index (χ1n) is 9.16. The Morgan fingerprint density at radius 1 is 1.32 bits per heavy atom. The lowest BCUT2D eigenvalue weighted by Gasteiger charge is -2.18. The zero-order valence-electron chi connectivity index (χ0n) is 16.3. The van der Waals surface area contributed by atoms with Gasteiger partial charge in [-0.3, -0.25) is 19.8 Å². The molecule has 1 unspecified atom stereocenters. The Morgan fingerprint density at radius 2 is 2.03 bits per heavy atom. The summed E-state index contributed by atoms with van der Waals surface area (Å²) in [6.45, 7) is 1.64. The third kappa shape index (κ3) is 4.73. The quantitative estimate of drug-likeness (QED) is 0.221. The summed E-state index contributed by atoms with van der Waals surface area (Å²) in [7, 11) is 0. The highest BCUT2D eigenvalue weighted by molar-refractivity contribution is 8.05. The fourth-order valence-corrected chi connectivity index (χ4v) is 4.31. The van der Waals surface area contributed by atoms with Crippen molar-refractivity contribution in [1.82, 2.24) is 0 Å². The van der Waals surface area contributed by atoms with Gasteiger partial charge in [-0.25, -0.2) is 9.18 Å². The lowest BCUT2D eigenvalue weighted by molar-refractivity contribution is -0.384. The number of rotatable bonds is 6. The fourth-order valence-electron chi connectivity index (χ4n) is 3.01. The van der Waals surface area contributed by atoms with Crippen LogP contribution in [0.2, 0.25) is 0 Å². The average molecular weight is 441 g/mol. The van der Waals surface area contributed by atoms with Crippen LogP contribution < -0.4 is 4.90 Å². The largest absolute Gasteiger partial charge is 0.462 e. The molecule has 0 aliphatic carbocycles. The molecule has 158 valence electrons. The number of non-ortho nitro benzene ring substituents is 1. The van der Waals surface area contributed by atoms with E-state index < -0.39 is 27.9 Å². The van der Waals surface area contributed by atoms with E-state index in [1.54, 1.807) is 19.1 Å². The van der Waals surface area contributed by atoms with E-state index in [0.29, 0.717) is 5.56 Å². The molecule has 1 amide bonds. The van der Waals surface area contributed by atoms with Crippen LogP contribution in [0.1, 0.15) is 12.5 Å². The van der Waals surface area contributed by atoms with E-state index in [9.17, 15) is 29.4 Å². The third-order valence-electron chi connectivity index (χ3n) is 4.39. The van der Waals surface area contributed by atoms with Crippen LogP contribution in [-0.4, -0.2) is 28.7 Å². The number of halogens is 1. The van der Waals surface area contributed by atoms with Gasteiger partial charge in [-0.05, 0) is 43.2 Å². The first kappa shape index (κ1) is 22.0. The number of ether oxygens (including phenoxy) is 1. The van der Waals surface area contributed by atoms with E-state index in [1.165, 1.54) is 35.2 Å². The van der Waals surface area contributed by atoms with Gasteiger partial charge < -0.3 is 4.74 Å². The Hall–Kier alpha value is -3.71. The highest BCUT2D eigenvalue weighted by atomic mass is 32.2. The third-order valence-corrected chi connectivity index (χ3v) is 5.65. The molecule has 0 bridgehead atoms. The number of anilines is 1. The van der Waals surface area contributed by atoms with Crippen molar-refractivity contribution in [2.45, 2.75) is 18.6 Å². The van der Waals surface area contributed by atoms with Gasteiger partial charge in [-0.2, -0.15) is 5.26 Å². The predicted molar refractivity (Wildman–Crippen MR) is 111 cm³/mol. The van der Waals surface area contributed by atoms with Gasteiger partial charge in [0.25, 0.3) is 5.69 Å². The van der Waals surface area contributed by atoms with Gasteiger partial charge in [0, 0.05) is 17.8 Å². The average Bonchev–Trinajstić information content (AvgIpc) is 3.05. The van der Waals surface area contributed by atoms with Crippen molar-refractivity contribution < 1.29 is 23.6 Å². The van der Waals surface area contributed by atoms with Crippen LogP contribution in [0.3, 0.4) is 0 Å². The highest BCUT2D eigenvalue weighted by Gasteiger charge is 2.41. The van der Waals surface area contributed by atoms with E-state index in [4.69, 9.17) is 4.74 Å². The molecular weight excluding hydrogens is 425 g/mol. The number of hydrogen-bond donors (Lipinski definition) is 0. The van der Waals surface area contributed by atoms with Crippen molar-refractivity contribution in [3.63, 3.8) is 0 Å². The number of carbonyl (C=O) groups is 2. The van der Waals surface area contributed by atoms with Gasteiger partial charge in [0.05, 0.1) is 16.8 Å². The zero-order chi connectivity index (χ0) is 22.5. The van der Waals surface area contributed by atoms with Crippen LogP contribution in [0.25, 0.3) is 0 Å². The lowest BCUT2D eigenvalue weighted by atomic mass is 10.1. The minimum Gasteiger partial charge on any atom is -0.462 e. The second-order valence-corrected chi connectivity index (χ2v) is 7.59. The Labute approximate surface area is 181 Å². The molecule has 1 aliphatic heterocycles. The molecule has 1 fully saturated rings. The molecule has 0 N–H and O–H groups in total. The maximum absolute atomic E-state index is 13.4. The molecule has 10 heteroatoms. The number of amides is 1. The van der Waals surface area contributed by atoms with Crippen LogP contribution in [0.5, 0.6) is 0 Å². The number of carbonyl (C=O) groups excluding carboxylic acids is 2. The summed E-state index contributed by atoms with van der Waals surface area (Å²) in [4.78, 5) is 37.2. The number of nitrogens with zero attached hydrogens (tertiary/aromatic N) is 3. The fraction of sp³-hybridized carbons (Fsp3) is 0.190. The summed E-state index contributed by atoms with van der Waals surface area (Å²) in [5.41, 5.74) is 0.386. The predicted octanol–water partition coefficient (Wildman–Crippen LogP) is 3.72. The molecule has 1 heterocycles. The molecule has 1 atom stereocenters. The van der Waals surface area contributed by atoms with E-state index in [-0.39, 0.29) is 35.0 Å². The van der Waals surface area contributed by atoms with Crippen molar-refractivity contribution in [3.8, 4) is 6.07 Å². The molecule has 1 saturated heterocycles. The minimum absolute atomic E-state index is 0.0452. The lowest BCUT2D eigenvalue weighted by Crippen LogP contribution is -2.30. The van der Waals surface area contributed by atoms with E-state index in [1.807, 2.05) is 0 Å². The summed E-state index contributed by atoms with van der Waals surface area (Å²) in [6, 6.07) is 12.7. The first-order chi connectivity index (χ1) is 14.8.